The molecule has 120 valence electrons. The normalized spacial score (nSPS) is 10.1. The quantitative estimate of drug-likeness (QED) is 0.191. The SMILES string of the molecule is C=C(C)C(=O)OCCCCCCCCCCCCSC#N. The number of thiocyanates is 1. The molecule has 0 spiro atoms. The van der Waals surface area contributed by atoms with Crippen LogP contribution in [0.25, 0.3) is 0 Å². The van der Waals surface area contributed by atoms with Gasteiger partial charge in [0.15, 0.2) is 0 Å². The molecule has 0 rings (SSSR count). The lowest BCUT2D eigenvalue weighted by Crippen LogP contribution is -2.05. The summed E-state index contributed by atoms with van der Waals surface area (Å²) in [6, 6.07) is 0. The van der Waals surface area contributed by atoms with Crippen LogP contribution < -0.4 is 0 Å². The Bertz CT molecular complexity index is 323. The lowest BCUT2D eigenvalue weighted by atomic mass is 10.1. The molecule has 0 N–H and O–H groups in total. The van der Waals surface area contributed by atoms with Gasteiger partial charge in [0.1, 0.15) is 5.40 Å². The lowest BCUT2D eigenvalue weighted by Gasteiger charge is -2.04. The molecule has 0 aliphatic rings. The summed E-state index contributed by atoms with van der Waals surface area (Å²) in [5.74, 6) is 0.704. The fourth-order valence-electron chi connectivity index (χ4n) is 2.02. The number of hydrogen-bond donors (Lipinski definition) is 0. The summed E-state index contributed by atoms with van der Waals surface area (Å²) < 4.78 is 5.04. The van der Waals surface area contributed by atoms with Gasteiger partial charge in [-0.3, -0.25) is 0 Å². The van der Waals surface area contributed by atoms with Crippen molar-refractivity contribution in [2.45, 2.75) is 71.1 Å². The minimum Gasteiger partial charge on any atom is -0.462 e. The Hall–Kier alpha value is -0.950. The van der Waals surface area contributed by atoms with Crippen molar-refractivity contribution in [2.24, 2.45) is 0 Å². The highest BCUT2D eigenvalue weighted by atomic mass is 32.2. The number of rotatable bonds is 14. The Morgan fingerprint density at radius 1 is 1.00 bits per heavy atom. The minimum absolute atomic E-state index is 0.275. The molecule has 0 bridgehead atoms. The van der Waals surface area contributed by atoms with Gasteiger partial charge >= 0.3 is 5.97 Å². The number of unbranched alkanes of at least 4 members (excludes halogenated alkanes) is 9. The van der Waals surface area contributed by atoms with Gasteiger partial charge in [-0.1, -0.05) is 57.9 Å². The van der Waals surface area contributed by atoms with Crippen LogP contribution in [0, 0.1) is 10.7 Å². The average molecular weight is 311 g/mol. The van der Waals surface area contributed by atoms with Crippen molar-refractivity contribution in [3.05, 3.63) is 12.2 Å². The van der Waals surface area contributed by atoms with Crippen LogP contribution in [0.1, 0.15) is 71.1 Å². The first-order valence-corrected chi connectivity index (χ1v) is 9.00. The maximum Gasteiger partial charge on any atom is 0.333 e. The summed E-state index contributed by atoms with van der Waals surface area (Å²) >= 11 is 1.36. The van der Waals surface area contributed by atoms with E-state index in [-0.39, 0.29) is 5.97 Å². The van der Waals surface area contributed by atoms with Gasteiger partial charge in [-0.15, -0.1) is 0 Å². The average Bonchev–Trinajstić information content (AvgIpc) is 2.47. The monoisotopic (exact) mass is 311 g/mol. The number of carbonyl (C=O) groups excluding carboxylic acids is 1. The third-order valence-electron chi connectivity index (χ3n) is 3.29. The first-order valence-electron chi connectivity index (χ1n) is 8.02. The maximum atomic E-state index is 11.1. The molecule has 0 aliphatic heterocycles. The summed E-state index contributed by atoms with van der Waals surface area (Å²) in [4.78, 5) is 11.1. The molecule has 0 amide bonds. The molecular formula is C17H29NO2S. The number of hydrogen-bond acceptors (Lipinski definition) is 4. The Labute approximate surface area is 134 Å². The van der Waals surface area contributed by atoms with Crippen molar-refractivity contribution in [1.29, 1.82) is 5.26 Å². The molecule has 0 saturated heterocycles. The molecule has 0 unspecified atom stereocenters. The zero-order valence-electron chi connectivity index (χ0n) is 13.4. The van der Waals surface area contributed by atoms with E-state index in [2.05, 4.69) is 12.0 Å². The summed E-state index contributed by atoms with van der Waals surface area (Å²) in [7, 11) is 0. The first-order chi connectivity index (χ1) is 10.2. The Kier molecular flexibility index (Phi) is 14.7. The summed E-state index contributed by atoms with van der Waals surface area (Å²) in [5, 5.41) is 10.5. The molecule has 0 aromatic heterocycles. The lowest BCUT2D eigenvalue weighted by molar-refractivity contribution is -0.139. The van der Waals surface area contributed by atoms with Crippen LogP contribution in [0.2, 0.25) is 0 Å². The van der Waals surface area contributed by atoms with Crippen LogP contribution in [0.15, 0.2) is 12.2 Å². The number of nitrogens with zero attached hydrogens (tertiary/aromatic N) is 1. The van der Waals surface area contributed by atoms with E-state index >= 15 is 0 Å². The molecule has 0 atom stereocenters. The van der Waals surface area contributed by atoms with Gasteiger partial charge < -0.3 is 4.74 Å². The van der Waals surface area contributed by atoms with Crippen molar-refractivity contribution in [3.63, 3.8) is 0 Å². The van der Waals surface area contributed by atoms with E-state index in [4.69, 9.17) is 10.00 Å². The standard InChI is InChI=1S/C17H29NO2S/c1-16(2)17(19)20-13-11-9-7-5-3-4-6-8-10-12-14-21-15-18/h1,3-14H2,2H3. The summed E-state index contributed by atoms with van der Waals surface area (Å²) in [6.45, 7) is 5.74. The predicted octanol–water partition coefficient (Wildman–Crippen LogP) is 5.22. The molecule has 3 nitrogen and oxygen atoms in total. The van der Waals surface area contributed by atoms with Gasteiger partial charge in [-0.05, 0) is 31.5 Å². The van der Waals surface area contributed by atoms with Gasteiger partial charge in [-0.25, -0.2) is 4.79 Å². The Morgan fingerprint density at radius 3 is 1.95 bits per heavy atom. The van der Waals surface area contributed by atoms with E-state index < -0.39 is 0 Å². The molecule has 0 heterocycles. The summed E-state index contributed by atoms with van der Waals surface area (Å²) in [6.07, 6.45) is 12.2. The van der Waals surface area contributed by atoms with Crippen molar-refractivity contribution in [3.8, 4) is 5.40 Å². The number of carbonyl (C=O) groups is 1. The van der Waals surface area contributed by atoms with Gasteiger partial charge in [0, 0.05) is 11.3 Å². The molecular weight excluding hydrogens is 282 g/mol. The third kappa shape index (κ3) is 15.3. The smallest absolute Gasteiger partial charge is 0.333 e. The van der Waals surface area contributed by atoms with Crippen LogP contribution in [0.5, 0.6) is 0 Å². The van der Waals surface area contributed by atoms with E-state index in [0.717, 1.165) is 18.6 Å². The van der Waals surface area contributed by atoms with Crippen LogP contribution in [0.4, 0.5) is 0 Å². The van der Waals surface area contributed by atoms with Crippen molar-refractivity contribution >= 4 is 17.7 Å². The zero-order valence-corrected chi connectivity index (χ0v) is 14.2. The van der Waals surface area contributed by atoms with E-state index in [9.17, 15) is 4.79 Å². The van der Waals surface area contributed by atoms with Crippen LogP contribution >= 0.6 is 11.8 Å². The van der Waals surface area contributed by atoms with E-state index in [1.54, 1.807) is 6.92 Å². The van der Waals surface area contributed by atoms with Crippen molar-refractivity contribution in [2.75, 3.05) is 12.4 Å². The zero-order chi connectivity index (χ0) is 15.8. The first kappa shape index (κ1) is 20.1. The fraction of sp³-hybridized carbons (Fsp3) is 0.765. The van der Waals surface area contributed by atoms with Gasteiger partial charge in [0.05, 0.1) is 6.61 Å². The highest BCUT2D eigenvalue weighted by Gasteiger charge is 2.01. The highest BCUT2D eigenvalue weighted by molar-refractivity contribution is 8.03. The molecule has 0 aliphatic carbocycles. The Balaban J connectivity index is 3.08. The Morgan fingerprint density at radius 2 is 1.48 bits per heavy atom. The second-order valence-electron chi connectivity index (χ2n) is 5.39. The minimum atomic E-state index is -0.275. The molecule has 0 saturated carbocycles. The van der Waals surface area contributed by atoms with Gasteiger partial charge in [0.25, 0.3) is 0 Å². The predicted molar refractivity (Wildman–Crippen MR) is 90.0 cm³/mol. The molecule has 0 aromatic carbocycles. The molecule has 0 radical (unpaired) electrons. The largest absolute Gasteiger partial charge is 0.462 e. The highest BCUT2D eigenvalue weighted by Crippen LogP contribution is 2.12. The number of nitriles is 1. The van der Waals surface area contributed by atoms with E-state index in [1.165, 1.54) is 63.1 Å². The van der Waals surface area contributed by atoms with Crippen LogP contribution in [-0.2, 0) is 9.53 Å². The maximum absolute atomic E-state index is 11.1. The second kappa shape index (κ2) is 15.4. The topological polar surface area (TPSA) is 50.1 Å². The molecule has 0 fully saturated rings. The molecule has 4 heteroatoms. The van der Waals surface area contributed by atoms with Crippen LogP contribution in [0.3, 0.4) is 0 Å². The second-order valence-corrected chi connectivity index (χ2v) is 6.27. The van der Waals surface area contributed by atoms with Gasteiger partial charge in [0.2, 0.25) is 0 Å². The molecule has 0 aromatic rings. The van der Waals surface area contributed by atoms with E-state index in [1.807, 2.05) is 0 Å². The number of thioether (sulfide) groups is 1. The number of esters is 1. The van der Waals surface area contributed by atoms with Crippen LogP contribution in [-0.4, -0.2) is 18.3 Å². The number of ether oxygens (including phenoxy) is 1. The molecule has 21 heavy (non-hydrogen) atoms. The summed E-state index contributed by atoms with van der Waals surface area (Å²) in [5.41, 5.74) is 0.473. The fourth-order valence-corrected chi connectivity index (χ4v) is 2.46. The third-order valence-corrected chi connectivity index (χ3v) is 3.91. The van der Waals surface area contributed by atoms with E-state index in [0.29, 0.717) is 12.2 Å². The van der Waals surface area contributed by atoms with Crippen molar-refractivity contribution < 1.29 is 9.53 Å². The van der Waals surface area contributed by atoms with Gasteiger partial charge in [-0.2, -0.15) is 5.26 Å². The van der Waals surface area contributed by atoms with Crippen molar-refractivity contribution in [1.82, 2.24) is 0 Å².